The molecule has 0 fully saturated rings. The fourth-order valence-electron chi connectivity index (χ4n) is 3.29. The van der Waals surface area contributed by atoms with Crippen molar-refractivity contribution in [2.45, 2.75) is 29.8 Å². The van der Waals surface area contributed by atoms with E-state index in [0.29, 0.717) is 15.4 Å². The van der Waals surface area contributed by atoms with Crippen molar-refractivity contribution in [1.82, 2.24) is 19.7 Å². The first-order valence-corrected chi connectivity index (χ1v) is 10.4. The third-order valence-corrected chi connectivity index (χ3v) is 5.72. The number of carboxylic acid groups (broad SMARTS) is 1. The molecule has 5 N–H and O–H groups in total. The number of nitrogens with two attached hydrogens (primary N) is 2. The fourth-order valence-corrected chi connectivity index (χ4v) is 4.22. The second kappa shape index (κ2) is 8.35. The minimum absolute atomic E-state index is 0.0219. The topological polar surface area (TPSA) is 136 Å². The van der Waals surface area contributed by atoms with Crippen LogP contribution < -0.4 is 16.4 Å². The number of para-hydroxylation sites is 1. The summed E-state index contributed by atoms with van der Waals surface area (Å²) in [5.41, 5.74) is 12.9. The van der Waals surface area contributed by atoms with Crippen LogP contribution in [0.1, 0.15) is 13.8 Å². The predicted molar refractivity (Wildman–Crippen MR) is 122 cm³/mol. The highest BCUT2D eigenvalue weighted by Gasteiger charge is 2.26. The number of benzene rings is 2. The lowest BCUT2D eigenvalue weighted by molar-refractivity contribution is 0.200. The third-order valence-electron chi connectivity index (χ3n) is 4.68. The Bertz CT molecular complexity index is 1300. The van der Waals surface area contributed by atoms with E-state index in [0.717, 1.165) is 10.3 Å². The van der Waals surface area contributed by atoms with Crippen molar-refractivity contribution >= 4 is 46.1 Å². The van der Waals surface area contributed by atoms with E-state index in [4.69, 9.17) is 11.5 Å². The number of anilines is 3. The largest absolute Gasteiger partial charge is 0.465 e. The van der Waals surface area contributed by atoms with Crippen molar-refractivity contribution in [1.29, 1.82) is 0 Å². The molecule has 0 saturated heterocycles. The zero-order chi connectivity index (χ0) is 23.0. The molecule has 2 heterocycles. The van der Waals surface area contributed by atoms with E-state index in [1.807, 2.05) is 24.3 Å². The number of hydrogen-bond donors (Lipinski definition) is 3. The van der Waals surface area contributed by atoms with Crippen LogP contribution in [0.5, 0.6) is 0 Å². The summed E-state index contributed by atoms with van der Waals surface area (Å²) < 4.78 is 15.6. The van der Waals surface area contributed by atoms with E-state index in [-0.39, 0.29) is 29.1 Å². The molecule has 0 aliphatic carbocycles. The van der Waals surface area contributed by atoms with E-state index in [9.17, 15) is 14.3 Å². The van der Waals surface area contributed by atoms with E-state index in [1.54, 1.807) is 32.0 Å². The van der Waals surface area contributed by atoms with Gasteiger partial charge in [0.05, 0.1) is 5.52 Å². The summed E-state index contributed by atoms with van der Waals surface area (Å²) in [5, 5.41) is 15.4. The maximum Gasteiger partial charge on any atom is 0.412 e. The minimum Gasteiger partial charge on any atom is -0.465 e. The van der Waals surface area contributed by atoms with Gasteiger partial charge in [-0.2, -0.15) is 19.7 Å². The van der Waals surface area contributed by atoms with Gasteiger partial charge in [0.15, 0.2) is 11.6 Å². The lowest BCUT2D eigenvalue weighted by Gasteiger charge is -2.25. The van der Waals surface area contributed by atoms with Gasteiger partial charge < -0.3 is 16.6 Å². The monoisotopic (exact) mass is 453 g/mol. The number of halogens is 1. The summed E-state index contributed by atoms with van der Waals surface area (Å²) >= 11 is 1.17. The molecule has 0 unspecified atom stereocenters. The number of aromatic nitrogens is 4. The Kier molecular flexibility index (Phi) is 5.57. The van der Waals surface area contributed by atoms with Gasteiger partial charge in [0.25, 0.3) is 5.95 Å². The molecule has 1 amide bonds. The Morgan fingerprint density at radius 3 is 2.34 bits per heavy atom. The lowest BCUT2D eigenvalue weighted by Crippen LogP contribution is -2.37. The van der Waals surface area contributed by atoms with Crippen LogP contribution in [0.15, 0.2) is 58.5 Å². The summed E-state index contributed by atoms with van der Waals surface area (Å²) in [6.45, 7) is 3.38. The first-order chi connectivity index (χ1) is 15.3. The average Bonchev–Trinajstić information content (AvgIpc) is 3.10. The van der Waals surface area contributed by atoms with Gasteiger partial charge in [-0.25, -0.2) is 9.18 Å². The van der Waals surface area contributed by atoms with E-state index in [2.05, 4.69) is 15.1 Å². The van der Waals surface area contributed by atoms with Crippen molar-refractivity contribution in [2.75, 3.05) is 16.4 Å². The van der Waals surface area contributed by atoms with E-state index < -0.39 is 12.1 Å². The second-order valence-corrected chi connectivity index (χ2v) is 8.19. The molecule has 164 valence electrons. The van der Waals surface area contributed by atoms with Crippen molar-refractivity contribution in [3.8, 4) is 5.95 Å². The smallest absolute Gasteiger partial charge is 0.412 e. The van der Waals surface area contributed by atoms with Crippen LogP contribution in [0.4, 0.5) is 26.5 Å². The molecular formula is C21H20FN7O2S. The van der Waals surface area contributed by atoms with Crippen LogP contribution in [-0.2, 0) is 0 Å². The molecule has 0 aliphatic heterocycles. The Morgan fingerprint density at radius 2 is 1.72 bits per heavy atom. The highest BCUT2D eigenvalue weighted by Crippen LogP contribution is 2.36. The highest BCUT2D eigenvalue weighted by molar-refractivity contribution is 7.99. The molecule has 4 aromatic rings. The molecule has 0 bridgehead atoms. The number of amides is 1. The number of fused-ring (bicyclic) bond motifs is 1. The van der Waals surface area contributed by atoms with Gasteiger partial charge in [0.1, 0.15) is 16.5 Å². The number of carbonyl (C=O) groups is 1. The summed E-state index contributed by atoms with van der Waals surface area (Å²) in [5.74, 6) is -0.458. The Balaban J connectivity index is 1.84. The molecule has 32 heavy (non-hydrogen) atoms. The van der Waals surface area contributed by atoms with Crippen LogP contribution in [0.2, 0.25) is 0 Å². The molecule has 0 aliphatic rings. The van der Waals surface area contributed by atoms with Crippen molar-refractivity contribution in [2.24, 2.45) is 0 Å². The van der Waals surface area contributed by atoms with Crippen LogP contribution in [0.25, 0.3) is 16.9 Å². The van der Waals surface area contributed by atoms with Crippen LogP contribution in [-0.4, -0.2) is 37.0 Å². The summed E-state index contributed by atoms with van der Waals surface area (Å²) in [6, 6.07) is 13.3. The van der Waals surface area contributed by atoms with Crippen molar-refractivity contribution in [3.05, 3.63) is 54.3 Å². The van der Waals surface area contributed by atoms with Gasteiger partial charge in [-0.1, -0.05) is 42.1 Å². The molecule has 0 atom stereocenters. The van der Waals surface area contributed by atoms with Crippen molar-refractivity contribution in [3.63, 3.8) is 0 Å². The SMILES string of the molecule is CC(C)N(C(=O)O)c1c(N)nc(-n2nc(Sc3ccccc3F)c3ccccc32)nc1N. The average molecular weight is 454 g/mol. The molecule has 0 radical (unpaired) electrons. The third kappa shape index (κ3) is 3.78. The molecule has 4 rings (SSSR count). The van der Waals surface area contributed by atoms with Gasteiger partial charge in [0.2, 0.25) is 0 Å². The molecule has 2 aromatic carbocycles. The Hall–Kier alpha value is -3.86. The van der Waals surface area contributed by atoms with Crippen LogP contribution in [0, 0.1) is 5.82 Å². The number of rotatable bonds is 5. The first kappa shape index (κ1) is 21.4. The quantitative estimate of drug-likeness (QED) is 0.410. The first-order valence-electron chi connectivity index (χ1n) is 9.63. The number of hydrogen-bond acceptors (Lipinski definition) is 7. The zero-order valence-electron chi connectivity index (χ0n) is 17.2. The molecule has 11 heteroatoms. The molecule has 2 aromatic heterocycles. The molecule has 0 spiro atoms. The normalized spacial score (nSPS) is 11.2. The number of nitrogen functional groups attached to an aromatic ring is 2. The Labute approximate surface area is 186 Å². The van der Waals surface area contributed by atoms with Gasteiger partial charge in [-0.05, 0) is 32.0 Å². The fraction of sp³-hybridized carbons (Fsp3) is 0.143. The summed E-state index contributed by atoms with van der Waals surface area (Å²) in [7, 11) is 0. The zero-order valence-corrected chi connectivity index (χ0v) is 18.0. The maximum absolute atomic E-state index is 14.2. The molecule has 0 saturated carbocycles. The molecule has 9 nitrogen and oxygen atoms in total. The van der Waals surface area contributed by atoms with E-state index >= 15 is 0 Å². The molecular weight excluding hydrogens is 433 g/mol. The maximum atomic E-state index is 14.2. The summed E-state index contributed by atoms with van der Waals surface area (Å²) in [4.78, 5) is 21.7. The van der Waals surface area contributed by atoms with E-state index in [1.165, 1.54) is 22.5 Å². The lowest BCUT2D eigenvalue weighted by atomic mass is 10.2. The minimum atomic E-state index is -1.22. The highest BCUT2D eigenvalue weighted by atomic mass is 32.2. The summed E-state index contributed by atoms with van der Waals surface area (Å²) in [6.07, 6.45) is -1.22. The van der Waals surface area contributed by atoms with Gasteiger partial charge in [-0.15, -0.1) is 0 Å². The van der Waals surface area contributed by atoms with Gasteiger partial charge >= 0.3 is 6.09 Å². The standard InChI is InChI=1S/C21H20FN7O2S/c1-11(2)28(21(30)31)16-17(23)25-20(26-18(16)24)29-14-9-5-3-7-12(14)19(27-29)32-15-10-6-4-8-13(15)22/h3-11H,1-2H3,(H,30,31)(H4,23,24,25,26). The number of nitrogens with zero attached hydrogens (tertiary/aromatic N) is 5. The Morgan fingerprint density at radius 1 is 1.09 bits per heavy atom. The van der Waals surface area contributed by atoms with Crippen molar-refractivity contribution < 1.29 is 14.3 Å². The van der Waals surface area contributed by atoms with Crippen LogP contribution in [0.3, 0.4) is 0 Å². The van der Waals surface area contributed by atoms with Gasteiger partial charge in [-0.3, -0.25) is 4.90 Å². The van der Waals surface area contributed by atoms with Crippen LogP contribution >= 0.6 is 11.8 Å². The van der Waals surface area contributed by atoms with Gasteiger partial charge in [0, 0.05) is 16.3 Å². The second-order valence-electron chi connectivity index (χ2n) is 7.16. The predicted octanol–water partition coefficient (Wildman–Crippen LogP) is 4.16.